The lowest BCUT2D eigenvalue weighted by atomic mass is 9.87. The zero-order chi connectivity index (χ0) is 15.9. The molecule has 0 aliphatic heterocycles. The molecule has 0 aliphatic carbocycles. The average Bonchev–Trinajstić information content (AvgIpc) is 2.43. The number of unbranched alkanes of at least 4 members (excludes halogenated alkanes) is 2. The van der Waals surface area contributed by atoms with Crippen LogP contribution < -0.4 is 10.1 Å². The van der Waals surface area contributed by atoms with E-state index in [1.807, 2.05) is 12.1 Å². The molecule has 1 N–H and O–H groups in total. The zero-order valence-electron chi connectivity index (χ0n) is 14.0. The van der Waals surface area contributed by atoms with Crippen molar-refractivity contribution < 1.29 is 9.53 Å². The minimum atomic E-state index is -0.466. The number of ether oxygens (including phenoxy) is 1. The van der Waals surface area contributed by atoms with Crippen molar-refractivity contribution >= 4 is 5.91 Å². The van der Waals surface area contributed by atoms with Gasteiger partial charge in [-0.1, -0.05) is 52.7 Å². The van der Waals surface area contributed by atoms with E-state index in [2.05, 4.69) is 45.1 Å². The summed E-state index contributed by atoms with van der Waals surface area (Å²) in [6.07, 6.45) is 2.85. The Morgan fingerprint density at radius 1 is 1.19 bits per heavy atom. The van der Waals surface area contributed by atoms with Crippen molar-refractivity contribution in [1.82, 2.24) is 5.32 Å². The fourth-order valence-corrected chi connectivity index (χ4v) is 2.02. The van der Waals surface area contributed by atoms with Crippen molar-refractivity contribution in [2.45, 2.75) is 65.4 Å². The van der Waals surface area contributed by atoms with Gasteiger partial charge in [-0.2, -0.15) is 0 Å². The summed E-state index contributed by atoms with van der Waals surface area (Å²) < 4.78 is 5.69. The highest BCUT2D eigenvalue weighted by Gasteiger charge is 2.16. The second kappa shape index (κ2) is 8.06. The number of hydrogen-bond acceptors (Lipinski definition) is 2. The molecule has 0 aromatic heterocycles. The summed E-state index contributed by atoms with van der Waals surface area (Å²) in [5, 5.41) is 2.91. The maximum Gasteiger partial charge on any atom is 0.260 e. The number of nitrogens with one attached hydrogen (secondary N) is 1. The van der Waals surface area contributed by atoms with E-state index in [9.17, 15) is 4.79 Å². The van der Waals surface area contributed by atoms with Crippen LogP contribution in [0.1, 0.15) is 59.4 Å². The van der Waals surface area contributed by atoms with Crippen LogP contribution in [0, 0.1) is 0 Å². The minimum absolute atomic E-state index is 0.0500. The third-order valence-electron chi connectivity index (χ3n) is 3.48. The highest BCUT2D eigenvalue weighted by atomic mass is 16.5. The molecule has 0 bridgehead atoms. The van der Waals surface area contributed by atoms with Crippen LogP contribution in [0.2, 0.25) is 0 Å². The van der Waals surface area contributed by atoms with Gasteiger partial charge in [-0.05, 0) is 36.5 Å². The van der Waals surface area contributed by atoms with Gasteiger partial charge in [0.2, 0.25) is 0 Å². The Balaban J connectivity index is 2.47. The predicted octanol–water partition coefficient (Wildman–Crippen LogP) is 4.06. The molecule has 0 heterocycles. The highest BCUT2D eigenvalue weighted by Crippen LogP contribution is 2.24. The molecule has 1 atom stereocenters. The van der Waals surface area contributed by atoms with E-state index in [1.54, 1.807) is 6.92 Å². The fraction of sp³-hybridized carbons (Fsp3) is 0.611. The predicted molar refractivity (Wildman–Crippen MR) is 87.8 cm³/mol. The first kappa shape index (κ1) is 17.5. The van der Waals surface area contributed by atoms with Crippen molar-refractivity contribution in [2.24, 2.45) is 0 Å². The normalized spacial score (nSPS) is 12.8. The highest BCUT2D eigenvalue weighted by molar-refractivity contribution is 5.80. The average molecular weight is 291 g/mol. The lowest BCUT2D eigenvalue weighted by molar-refractivity contribution is -0.127. The quantitative estimate of drug-likeness (QED) is 0.769. The monoisotopic (exact) mass is 291 g/mol. The largest absolute Gasteiger partial charge is 0.481 e. The summed E-state index contributed by atoms with van der Waals surface area (Å²) in [7, 11) is 0. The SMILES string of the molecule is CCCCCNC(=O)[C@H](C)Oc1ccc(C(C)(C)C)cc1. The van der Waals surface area contributed by atoms with Gasteiger partial charge in [-0.3, -0.25) is 4.79 Å². The molecule has 21 heavy (non-hydrogen) atoms. The van der Waals surface area contributed by atoms with Crippen molar-refractivity contribution in [1.29, 1.82) is 0 Å². The summed E-state index contributed by atoms with van der Waals surface area (Å²) in [4.78, 5) is 11.9. The van der Waals surface area contributed by atoms with E-state index in [0.717, 1.165) is 31.6 Å². The van der Waals surface area contributed by atoms with Gasteiger partial charge in [0.1, 0.15) is 5.75 Å². The molecule has 1 rings (SSSR count). The molecule has 0 radical (unpaired) electrons. The van der Waals surface area contributed by atoms with Crippen molar-refractivity contribution in [3.05, 3.63) is 29.8 Å². The standard InChI is InChI=1S/C18H29NO2/c1-6-7-8-13-19-17(20)14(2)21-16-11-9-15(10-12-16)18(3,4)5/h9-12,14H,6-8,13H2,1-5H3,(H,19,20)/t14-/m0/s1. The Morgan fingerprint density at radius 3 is 2.33 bits per heavy atom. The molecule has 0 unspecified atom stereocenters. The van der Waals surface area contributed by atoms with Gasteiger partial charge in [0.05, 0.1) is 0 Å². The maximum absolute atomic E-state index is 11.9. The van der Waals surface area contributed by atoms with Crippen molar-refractivity contribution in [2.75, 3.05) is 6.54 Å². The van der Waals surface area contributed by atoms with Gasteiger partial charge in [0.25, 0.3) is 5.91 Å². The Kier molecular flexibility index (Phi) is 6.73. The third kappa shape index (κ3) is 6.19. The molecule has 118 valence electrons. The van der Waals surface area contributed by atoms with E-state index in [-0.39, 0.29) is 11.3 Å². The van der Waals surface area contributed by atoms with E-state index in [0.29, 0.717) is 0 Å². The van der Waals surface area contributed by atoms with E-state index < -0.39 is 6.10 Å². The number of benzene rings is 1. The lowest BCUT2D eigenvalue weighted by Crippen LogP contribution is -2.36. The molecule has 3 heteroatoms. The Hall–Kier alpha value is -1.51. The number of amides is 1. The second-order valence-electron chi connectivity index (χ2n) is 6.53. The van der Waals surface area contributed by atoms with Crippen LogP contribution >= 0.6 is 0 Å². The maximum atomic E-state index is 11.9. The van der Waals surface area contributed by atoms with Gasteiger partial charge in [-0.15, -0.1) is 0 Å². The Bertz CT molecular complexity index is 432. The van der Waals surface area contributed by atoms with Gasteiger partial charge < -0.3 is 10.1 Å². The summed E-state index contributed by atoms with van der Waals surface area (Å²) in [5.74, 6) is 0.685. The fourth-order valence-electron chi connectivity index (χ4n) is 2.02. The molecular formula is C18H29NO2. The van der Waals surface area contributed by atoms with Gasteiger partial charge in [0.15, 0.2) is 6.10 Å². The van der Waals surface area contributed by atoms with Gasteiger partial charge in [0, 0.05) is 6.54 Å². The number of carbonyl (C=O) groups excluding carboxylic acids is 1. The molecule has 1 aromatic carbocycles. The first-order valence-electron chi connectivity index (χ1n) is 7.89. The Morgan fingerprint density at radius 2 is 1.81 bits per heavy atom. The van der Waals surface area contributed by atoms with Gasteiger partial charge in [-0.25, -0.2) is 0 Å². The first-order chi connectivity index (χ1) is 9.84. The summed E-state index contributed by atoms with van der Waals surface area (Å²) in [5.41, 5.74) is 1.38. The third-order valence-corrected chi connectivity index (χ3v) is 3.48. The molecule has 0 fully saturated rings. The molecule has 0 saturated carbocycles. The molecular weight excluding hydrogens is 262 g/mol. The van der Waals surface area contributed by atoms with Crippen LogP contribution in [0.4, 0.5) is 0 Å². The van der Waals surface area contributed by atoms with Crippen LogP contribution in [0.3, 0.4) is 0 Å². The van der Waals surface area contributed by atoms with Crippen molar-refractivity contribution in [3.8, 4) is 5.75 Å². The molecule has 3 nitrogen and oxygen atoms in total. The number of hydrogen-bond donors (Lipinski definition) is 1. The molecule has 0 saturated heterocycles. The van der Waals surface area contributed by atoms with E-state index in [4.69, 9.17) is 4.74 Å². The molecule has 1 amide bonds. The molecule has 1 aromatic rings. The lowest BCUT2D eigenvalue weighted by Gasteiger charge is -2.20. The van der Waals surface area contributed by atoms with Gasteiger partial charge >= 0.3 is 0 Å². The topological polar surface area (TPSA) is 38.3 Å². The summed E-state index contributed by atoms with van der Waals surface area (Å²) in [6.45, 7) is 11.2. The van der Waals surface area contributed by atoms with E-state index in [1.165, 1.54) is 5.56 Å². The molecule has 0 aliphatic rings. The summed E-state index contributed by atoms with van der Waals surface area (Å²) >= 11 is 0. The zero-order valence-corrected chi connectivity index (χ0v) is 14.0. The smallest absolute Gasteiger partial charge is 0.260 e. The first-order valence-corrected chi connectivity index (χ1v) is 7.89. The van der Waals surface area contributed by atoms with Crippen LogP contribution in [0.25, 0.3) is 0 Å². The number of rotatable bonds is 7. The van der Waals surface area contributed by atoms with Crippen molar-refractivity contribution in [3.63, 3.8) is 0 Å². The number of carbonyl (C=O) groups is 1. The summed E-state index contributed by atoms with van der Waals surface area (Å²) in [6, 6.07) is 7.98. The van der Waals surface area contributed by atoms with Crippen LogP contribution in [0.15, 0.2) is 24.3 Å². The second-order valence-corrected chi connectivity index (χ2v) is 6.53. The van der Waals surface area contributed by atoms with Crippen LogP contribution in [0.5, 0.6) is 5.75 Å². The van der Waals surface area contributed by atoms with Crippen LogP contribution in [-0.4, -0.2) is 18.6 Å². The molecule has 0 spiro atoms. The minimum Gasteiger partial charge on any atom is -0.481 e. The van der Waals surface area contributed by atoms with Crippen LogP contribution in [-0.2, 0) is 10.2 Å². The Labute approximate surface area is 129 Å². The van der Waals surface area contributed by atoms with E-state index >= 15 is 0 Å².